The second-order valence-electron chi connectivity index (χ2n) is 9.62. The molecule has 3 amide bonds. The Labute approximate surface area is 217 Å². The molecule has 2 atom stereocenters. The number of carbonyl (C=O) groups excluding carboxylic acids is 2. The Morgan fingerprint density at radius 2 is 1.89 bits per heavy atom. The van der Waals surface area contributed by atoms with Crippen molar-refractivity contribution in [3.8, 4) is 5.75 Å². The topological polar surface area (TPSA) is 117 Å². The summed E-state index contributed by atoms with van der Waals surface area (Å²) in [7, 11) is -4.00. The third kappa shape index (κ3) is 5.58. The Balaban J connectivity index is 1.35. The van der Waals surface area contributed by atoms with E-state index in [1.165, 1.54) is 15.3 Å². The fourth-order valence-corrected chi connectivity index (χ4v) is 6.51. The number of urea groups is 1. The summed E-state index contributed by atoms with van der Waals surface area (Å²) in [6.07, 6.45) is 2.32. The first-order valence-electron chi connectivity index (χ1n) is 12.6. The van der Waals surface area contributed by atoms with Gasteiger partial charge in [-0.25, -0.2) is 13.2 Å². The van der Waals surface area contributed by atoms with Gasteiger partial charge in [0.05, 0.1) is 17.6 Å². The molecule has 0 radical (unpaired) electrons. The first kappa shape index (κ1) is 25.5. The number of hydrogen-bond acceptors (Lipinski definition) is 6. The first-order valence-corrected chi connectivity index (χ1v) is 14.0. The number of sulfonamides is 1. The normalized spacial score (nSPS) is 21.8. The van der Waals surface area contributed by atoms with Gasteiger partial charge in [-0.3, -0.25) is 4.79 Å². The van der Waals surface area contributed by atoms with Crippen LogP contribution in [0.15, 0.2) is 47.4 Å². The fraction of sp³-hybridized carbons (Fsp3) is 0.462. The molecule has 10 nitrogen and oxygen atoms in total. The number of nitrogens with zero attached hydrogens (tertiary/aromatic N) is 2. The van der Waals surface area contributed by atoms with Gasteiger partial charge in [0, 0.05) is 44.9 Å². The molecule has 2 fully saturated rings. The zero-order valence-electron chi connectivity index (χ0n) is 20.8. The molecule has 2 saturated heterocycles. The lowest BCUT2D eigenvalue weighted by atomic mass is 10.2. The van der Waals surface area contributed by atoms with Crippen LogP contribution in [0.25, 0.3) is 0 Å². The van der Waals surface area contributed by atoms with Crippen LogP contribution in [0, 0.1) is 6.92 Å². The lowest BCUT2D eigenvalue weighted by molar-refractivity contribution is -0.126. The first-order chi connectivity index (χ1) is 17.8. The fourth-order valence-electron chi connectivity index (χ4n) is 4.89. The highest BCUT2D eigenvalue weighted by atomic mass is 32.2. The molecule has 3 heterocycles. The van der Waals surface area contributed by atoms with Crippen molar-refractivity contribution in [1.82, 2.24) is 14.5 Å². The molecule has 3 aliphatic heterocycles. The van der Waals surface area contributed by atoms with Crippen molar-refractivity contribution in [3.05, 3.63) is 53.6 Å². The lowest BCUT2D eigenvalue weighted by Crippen LogP contribution is -2.62. The summed E-state index contributed by atoms with van der Waals surface area (Å²) in [6.45, 7) is 3.51. The maximum absolute atomic E-state index is 13.7. The molecular formula is C26H32N4O6S. The summed E-state index contributed by atoms with van der Waals surface area (Å²) in [5.41, 5.74) is 2.53. The van der Waals surface area contributed by atoms with E-state index in [-0.39, 0.29) is 36.7 Å². The molecule has 198 valence electrons. The van der Waals surface area contributed by atoms with Gasteiger partial charge in [-0.2, -0.15) is 4.31 Å². The summed E-state index contributed by atoms with van der Waals surface area (Å²) in [6, 6.07) is 10.7. The summed E-state index contributed by atoms with van der Waals surface area (Å²) in [5.74, 6) is 0.235. The molecule has 2 N–H and O–H groups in total. The minimum absolute atomic E-state index is 0.00471. The Hall–Kier alpha value is -3.15. The minimum atomic E-state index is -4.00. The van der Waals surface area contributed by atoms with Crippen LogP contribution in [-0.4, -0.2) is 81.1 Å². The van der Waals surface area contributed by atoms with E-state index >= 15 is 0 Å². The number of aryl methyl sites for hydroxylation is 1. The Bertz CT molecular complexity index is 1260. The van der Waals surface area contributed by atoms with Gasteiger partial charge < -0.3 is 25.0 Å². The second kappa shape index (κ2) is 10.7. The van der Waals surface area contributed by atoms with Gasteiger partial charge >= 0.3 is 6.03 Å². The van der Waals surface area contributed by atoms with E-state index in [0.717, 1.165) is 24.0 Å². The summed E-state index contributed by atoms with van der Waals surface area (Å²) in [4.78, 5) is 28.0. The number of ether oxygens (including phenoxy) is 2. The van der Waals surface area contributed by atoms with Crippen molar-refractivity contribution in [2.45, 2.75) is 43.2 Å². The van der Waals surface area contributed by atoms with Crippen LogP contribution >= 0.6 is 0 Å². The standard InChI is InChI=1S/C26H32N4O6S/c1-18-4-6-20(7-5-18)28-26(32)29-11-12-30(23(17-29)25(31)27-16-21-3-2-13-35-21)37(33,34)22-8-9-24-19(15-22)10-14-36-24/h4-9,15,21,23H,2-3,10-14,16-17H2,1H3,(H,27,31)(H,28,32). The maximum Gasteiger partial charge on any atom is 0.321 e. The molecule has 0 saturated carbocycles. The van der Waals surface area contributed by atoms with E-state index in [2.05, 4.69) is 10.6 Å². The highest BCUT2D eigenvalue weighted by molar-refractivity contribution is 7.89. The molecule has 2 unspecified atom stereocenters. The third-order valence-corrected chi connectivity index (χ3v) is 8.92. The zero-order valence-corrected chi connectivity index (χ0v) is 21.6. The van der Waals surface area contributed by atoms with Gasteiger partial charge in [0.1, 0.15) is 11.8 Å². The molecule has 37 heavy (non-hydrogen) atoms. The lowest BCUT2D eigenvalue weighted by Gasteiger charge is -2.39. The Kier molecular flexibility index (Phi) is 7.36. The van der Waals surface area contributed by atoms with E-state index in [1.807, 2.05) is 19.1 Å². The number of hydrogen-bond donors (Lipinski definition) is 2. The molecule has 0 aromatic heterocycles. The number of rotatable bonds is 6. The van der Waals surface area contributed by atoms with Gasteiger partial charge in [0.25, 0.3) is 0 Å². The van der Waals surface area contributed by atoms with E-state index in [9.17, 15) is 18.0 Å². The average molecular weight is 529 g/mol. The minimum Gasteiger partial charge on any atom is -0.493 e. The molecule has 3 aliphatic rings. The number of fused-ring (bicyclic) bond motifs is 1. The number of carbonyl (C=O) groups is 2. The van der Waals surface area contributed by atoms with Crippen molar-refractivity contribution in [2.24, 2.45) is 0 Å². The van der Waals surface area contributed by atoms with Crippen LogP contribution in [0.4, 0.5) is 10.5 Å². The monoisotopic (exact) mass is 528 g/mol. The van der Waals surface area contributed by atoms with Crippen LogP contribution < -0.4 is 15.4 Å². The molecule has 2 aromatic carbocycles. The van der Waals surface area contributed by atoms with E-state index < -0.39 is 22.0 Å². The van der Waals surface area contributed by atoms with Crippen molar-refractivity contribution in [3.63, 3.8) is 0 Å². The van der Waals surface area contributed by atoms with Crippen LogP contribution in [0.1, 0.15) is 24.0 Å². The number of amides is 3. The van der Waals surface area contributed by atoms with Crippen molar-refractivity contribution in [1.29, 1.82) is 0 Å². The van der Waals surface area contributed by atoms with E-state index in [0.29, 0.717) is 37.6 Å². The molecule has 2 aromatic rings. The quantitative estimate of drug-likeness (QED) is 0.593. The maximum atomic E-state index is 13.7. The highest BCUT2D eigenvalue weighted by Crippen LogP contribution is 2.30. The molecule has 0 spiro atoms. The van der Waals surface area contributed by atoms with Crippen molar-refractivity contribution >= 4 is 27.6 Å². The van der Waals surface area contributed by atoms with E-state index in [4.69, 9.17) is 9.47 Å². The van der Waals surface area contributed by atoms with Crippen LogP contribution in [-0.2, 0) is 26.0 Å². The van der Waals surface area contributed by atoms with Crippen molar-refractivity contribution in [2.75, 3.05) is 44.7 Å². The van der Waals surface area contributed by atoms with Crippen LogP contribution in [0.2, 0.25) is 0 Å². The van der Waals surface area contributed by atoms with Gasteiger partial charge in [-0.15, -0.1) is 0 Å². The zero-order chi connectivity index (χ0) is 26.0. The van der Waals surface area contributed by atoms with Gasteiger partial charge in [0.2, 0.25) is 15.9 Å². The predicted octanol–water partition coefficient (Wildman–Crippen LogP) is 2.13. The second-order valence-corrected chi connectivity index (χ2v) is 11.5. The number of piperazine rings is 1. The van der Waals surface area contributed by atoms with Gasteiger partial charge in [-0.1, -0.05) is 17.7 Å². The number of anilines is 1. The largest absolute Gasteiger partial charge is 0.493 e. The molecule has 11 heteroatoms. The summed E-state index contributed by atoms with van der Waals surface area (Å²) < 4.78 is 39.8. The predicted molar refractivity (Wildman–Crippen MR) is 137 cm³/mol. The van der Waals surface area contributed by atoms with E-state index in [1.54, 1.807) is 24.3 Å². The average Bonchev–Trinajstić information content (AvgIpc) is 3.60. The summed E-state index contributed by atoms with van der Waals surface area (Å²) in [5, 5.41) is 5.70. The Morgan fingerprint density at radius 1 is 1.08 bits per heavy atom. The third-order valence-electron chi connectivity index (χ3n) is 7.02. The molecule has 5 rings (SSSR count). The van der Waals surface area contributed by atoms with Crippen molar-refractivity contribution < 1.29 is 27.5 Å². The number of benzene rings is 2. The number of nitrogens with one attached hydrogen (secondary N) is 2. The summed E-state index contributed by atoms with van der Waals surface area (Å²) >= 11 is 0. The van der Waals surface area contributed by atoms with Gasteiger partial charge in [0.15, 0.2) is 0 Å². The highest BCUT2D eigenvalue weighted by Gasteiger charge is 2.42. The van der Waals surface area contributed by atoms with Crippen LogP contribution in [0.3, 0.4) is 0 Å². The molecule has 0 aliphatic carbocycles. The molecular weight excluding hydrogens is 496 g/mol. The smallest absolute Gasteiger partial charge is 0.321 e. The van der Waals surface area contributed by atoms with Crippen LogP contribution in [0.5, 0.6) is 5.75 Å². The van der Waals surface area contributed by atoms with Gasteiger partial charge in [-0.05, 0) is 55.7 Å². The Morgan fingerprint density at radius 3 is 2.65 bits per heavy atom. The SMILES string of the molecule is Cc1ccc(NC(=O)N2CCN(S(=O)(=O)c3ccc4c(c3)CCO4)C(C(=O)NCC3CCCO3)C2)cc1. The molecule has 0 bridgehead atoms.